The van der Waals surface area contributed by atoms with E-state index in [0.717, 1.165) is 0 Å². The van der Waals surface area contributed by atoms with E-state index in [1.54, 1.807) is 0 Å². The van der Waals surface area contributed by atoms with Crippen LogP contribution in [-0.4, -0.2) is 23.9 Å². The first-order valence-electron chi connectivity index (χ1n) is 2.13. The number of carbonyl (C=O) groups is 4. The van der Waals surface area contributed by atoms with E-state index < -0.39 is 23.9 Å². The average Bonchev–Trinajstić information content (AvgIpc) is 1.88. The molecule has 0 aromatic rings. The van der Waals surface area contributed by atoms with Crippen molar-refractivity contribution in [1.82, 2.24) is 0 Å². The van der Waals surface area contributed by atoms with Crippen LogP contribution in [0.1, 0.15) is 0 Å². The van der Waals surface area contributed by atoms with Gasteiger partial charge in [-0.25, -0.2) is 0 Å². The van der Waals surface area contributed by atoms with E-state index in [2.05, 4.69) is 0 Å². The van der Waals surface area contributed by atoms with E-state index in [4.69, 9.17) is 39.6 Å². The van der Waals surface area contributed by atoms with Gasteiger partial charge in [-0.1, -0.05) is 0 Å². The van der Waals surface area contributed by atoms with E-state index in [1.807, 2.05) is 0 Å². The molecular formula is C4FeKO8. The molecule has 8 nitrogen and oxygen atoms in total. The molecule has 0 amide bonds. The fourth-order valence-corrected chi connectivity index (χ4v) is 0. The molecule has 0 atom stereocenters. The zero-order chi connectivity index (χ0) is 10.3. The standard InChI is InChI=1S/2C2H2O4.Fe.K/c2*3-1(4)2(5)6;;/h2*(H,3,4)(H,5,6);;/q;;+3;+1/p-4. The first-order chi connectivity index (χ1) is 5.29. The molecule has 1 radical (unpaired) electrons. The van der Waals surface area contributed by atoms with Crippen molar-refractivity contribution in [1.29, 1.82) is 0 Å². The molecule has 0 fully saturated rings. The van der Waals surface area contributed by atoms with Crippen LogP contribution < -0.4 is 71.8 Å². The monoisotopic (exact) mass is 271 g/mol. The Hall–Kier alpha value is 0.0358. The molecule has 0 aromatic heterocycles. The number of aliphatic carboxylic acids is 4. The summed E-state index contributed by atoms with van der Waals surface area (Å²) in [5.41, 5.74) is 0. The average molecular weight is 271 g/mol. The third-order valence-electron chi connectivity index (χ3n) is 0.333. The third kappa shape index (κ3) is 22.7. The van der Waals surface area contributed by atoms with Crippen molar-refractivity contribution in [2.45, 2.75) is 0 Å². The van der Waals surface area contributed by atoms with E-state index in [9.17, 15) is 0 Å². The van der Waals surface area contributed by atoms with Crippen molar-refractivity contribution >= 4 is 23.9 Å². The van der Waals surface area contributed by atoms with Crippen LogP contribution in [0.3, 0.4) is 0 Å². The van der Waals surface area contributed by atoms with Crippen LogP contribution in [0, 0.1) is 0 Å². The van der Waals surface area contributed by atoms with Gasteiger partial charge in [-0.05, 0) is 0 Å². The summed E-state index contributed by atoms with van der Waals surface area (Å²) in [5, 5.41) is 35.7. The van der Waals surface area contributed by atoms with Gasteiger partial charge in [-0.2, -0.15) is 0 Å². The van der Waals surface area contributed by atoms with Crippen LogP contribution in [0.2, 0.25) is 0 Å². The third-order valence-corrected chi connectivity index (χ3v) is 0.333. The van der Waals surface area contributed by atoms with Crippen molar-refractivity contribution in [3.8, 4) is 0 Å². The van der Waals surface area contributed by atoms with Crippen molar-refractivity contribution in [3.05, 3.63) is 0 Å². The summed E-state index contributed by atoms with van der Waals surface area (Å²) in [5.74, 6) is -8.74. The summed E-state index contributed by atoms with van der Waals surface area (Å²) in [6.07, 6.45) is 0. The first-order valence-corrected chi connectivity index (χ1v) is 2.13. The van der Waals surface area contributed by atoms with E-state index in [0.29, 0.717) is 0 Å². The summed E-state index contributed by atoms with van der Waals surface area (Å²) in [7, 11) is 0. The summed E-state index contributed by atoms with van der Waals surface area (Å²) in [6, 6.07) is 0. The number of hydrogen-bond donors (Lipinski definition) is 0. The molecule has 0 unspecified atom stereocenters. The van der Waals surface area contributed by atoms with Gasteiger partial charge in [0.15, 0.2) is 0 Å². The normalized spacial score (nSPS) is 6.29. The maximum Gasteiger partial charge on any atom is 3.00 e. The number of carboxylic acid groups (broad SMARTS) is 4. The van der Waals surface area contributed by atoms with Crippen LogP contribution in [-0.2, 0) is 36.2 Å². The zero-order valence-electron chi connectivity index (χ0n) is 6.62. The summed E-state index contributed by atoms with van der Waals surface area (Å²) in [4.78, 5) is 35.7. The van der Waals surface area contributed by atoms with Crippen LogP contribution >= 0.6 is 0 Å². The Balaban J connectivity index is -0.0000000625. The maximum absolute atomic E-state index is 8.93. The van der Waals surface area contributed by atoms with Gasteiger partial charge in [-0.3, -0.25) is 0 Å². The van der Waals surface area contributed by atoms with Crippen molar-refractivity contribution in [2.75, 3.05) is 0 Å². The molecule has 0 N–H and O–H groups in total. The minimum atomic E-state index is -2.19. The van der Waals surface area contributed by atoms with Crippen molar-refractivity contribution in [2.24, 2.45) is 0 Å². The first kappa shape index (κ1) is 23.7. The van der Waals surface area contributed by atoms with Gasteiger partial charge < -0.3 is 39.6 Å². The largest absolute Gasteiger partial charge is 3.00 e. The second kappa shape index (κ2) is 13.0. The summed E-state index contributed by atoms with van der Waals surface area (Å²) < 4.78 is 0. The van der Waals surface area contributed by atoms with Crippen LogP contribution in [0.5, 0.6) is 0 Å². The molecule has 0 bridgehead atoms. The van der Waals surface area contributed by atoms with Gasteiger partial charge in [0.1, 0.15) is 0 Å². The second-order valence-electron chi connectivity index (χ2n) is 1.15. The predicted molar refractivity (Wildman–Crippen MR) is 20.0 cm³/mol. The minimum Gasteiger partial charge on any atom is -0.543 e. The summed E-state index contributed by atoms with van der Waals surface area (Å²) in [6.45, 7) is 0. The molecule has 73 valence electrons. The van der Waals surface area contributed by atoms with Gasteiger partial charge in [-0.15, -0.1) is 0 Å². The molecule has 0 aliphatic rings. The summed E-state index contributed by atoms with van der Waals surface area (Å²) >= 11 is 0. The molecule has 0 rings (SSSR count). The van der Waals surface area contributed by atoms with Gasteiger partial charge in [0.2, 0.25) is 0 Å². The Morgan fingerprint density at radius 3 is 0.643 bits per heavy atom. The van der Waals surface area contributed by atoms with E-state index in [-0.39, 0.29) is 68.5 Å². The van der Waals surface area contributed by atoms with Gasteiger partial charge in [0, 0.05) is 0 Å². The Labute approximate surface area is 130 Å². The molecular weight excluding hydrogens is 271 g/mol. The molecule has 10 heteroatoms. The smallest absolute Gasteiger partial charge is 0.543 e. The molecule has 0 aliphatic carbocycles. The quantitative estimate of drug-likeness (QED) is 0.310. The van der Waals surface area contributed by atoms with Gasteiger partial charge in [0.05, 0.1) is 23.9 Å². The van der Waals surface area contributed by atoms with Gasteiger partial charge in [0.25, 0.3) is 0 Å². The fourth-order valence-electron chi connectivity index (χ4n) is 0. The Bertz CT molecular complexity index is 177. The number of carbonyl (C=O) groups excluding carboxylic acids is 4. The Morgan fingerprint density at radius 1 is 0.571 bits per heavy atom. The zero-order valence-corrected chi connectivity index (χ0v) is 10.8. The number of hydrogen-bond acceptors (Lipinski definition) is 8. The maximum atomic E-state index is 8.93. The molecule has 0 aromatic carbocycles. The van der Waals surface area contributed by atoms with Gasteiger partial charge >= 0.3 is 68.5 Å². The minimum absolute atomic E-state index is 0. The SMILES string of the molecule is O=C([O-])C(=O)[O-].O=C([O-])C(=O)[O-].[Fe+3].[K+]. The second-order valence-corrected chi connectivity index (χ2v) is 1.15. The topological polar surface area (TPSA) is 161 Å². The van der Waals surface area contributed by atoms with Crippen LogP contribution in [0.4, 0.5) is 0 Å². The molecule has 14 heavy (non-hydrogen) atoms. The Morgan fingerprint density at radius 2 is 0.643 bits per heavy atom. The molecule has 0 saturated heterocycles. The van der Waals surface area contributed by atoms with E-state index in [1.165, 1.54) is 0 Å². The van der Waals surface area contributed by atoms with Crippen molar-refractivity contribution < 1.29 is 108 Å². The van der Waals surface area contributed by atoms with Crippen LogP contribution in [0.25, 0.3) is 0 Å². The molecule has 0 heterocycles. The molecule has 0 saturated carbocycles. The Kier molecular flexibility index (Phi) is 22.1. The molecule has 0 spiro atoms. The number of carboxylic acids is 4. The predicted octanol–water partition coefficient (Wildman–Crippen LogP) is -10.0. The van der Waals surface area contributed by atoms with Crippen LogP contribution in [0.15, 0.2) is 0 Å². The fraction of sp³-hybridized carbons (Fsp3) is 0. The number of rotatable bonds is 0. The van der Waals surface area contributed by atoms with E-state index >= 15 is 0 Å². The molecule has 0 aliphatic heterocycles. The van der Waals surface area contributed by atoms with Crippen molar-refractivity contribution in [3.63, 3.8) is 0 Å².